The van der Waals surface area contributed by atoms with Crippen molar-refractivity contribution in [1.29, 1.82) is 0 Å². The van der Waals surface area contributed by atoms with Crippen LogP contribution in [0.2, 0.25) is 0 Å². The van der Waals surface area contributed by atoms with Crippen LogP contribution in [0, 0.1) is 27.9 Å². The average molecular weight is 584 g/mol. The predicted molar refractivity (Wildman–Crippen MR) is 113 cm³/mol. The van der Waals surface area contributed by atoms with E-state index >= 15 is 0 Å². The second-order valence-corrected chi connectivity index (χ2v) is 4.63. The fraction of sp³-hybridized carbons (Fsp3) is 0.118. The normalized spacial score (nSPS) is 9.50. The third-order valence-electron chi connectivity index (χ3n) is 2.43. The van der Waals surface area contributed by atoms with Crippen LogP contribution in [-0.4, -0.2) is 6.88 Å². The van der Waals surface area contributed by atoms with E-state index in [0.717, 1.165) is 6.42 Å². The molecule has 0 amide bonds. The van der Waals surface area contributed by atoms with Crippen LogP contribution in [0.25, 0.3) is 10.8 Å². The van der Waals surface area contributed by atoms with E-state index < -0.39 is 0 Å². The van der Waals surface area contributed by atoms with Crippen molar-refractivity contribution in [2.24, 2.45) is 0 Å². The average Bonchev–Trinajstić information content (AvgIpc) is 3.03. The van der Waals surface area contributed by atoms with Crippen LogP contribution in [0.3, 0.4) is 0 Å². The molecule has 3 rings (SSSR count). The number of rotatable bonds is 0. The van der Waals surface area contributed by atoms with Gasteiger partial charge in [-0.2, -0.15) is 12.1 Å². The molecule has 1 aliphatic rings. The first-order chi connectivity index (χ1) is 8.77. The minimum atomic E-state index is 0. The van der Waals surface area contributed by atoms with Crippen LogP contribution in [0.5, 0.6) is 0 Å². The third kappa shape index (κ3) is 10.6. The first-order valence-electron chi connectivity index (χ1n) is 5.55. The Morgan fingerprint density at radius 1 is 1.23 bits per heavy atom. The van der Waals surface area contributed by atoms with Crippen molar-refractivity contribution in [1.82, 2.24) is 0 Å². The van der Waals surface area contributed by atoms with Gasteiger partial charge in [-0.1, -0.05) is 28.9 Å². The van der Waals surface area contributed by atoms with Crippen LogP contribution in [-0.2, 0) is 23.3 Å². The summed E-state index contributed by atoms with van der Waals surface area (Å²) in [6.45, 7) is 5.18. The Hall–Kier alpha value is 0.850. The molecule has 0 nitrogen and oxygen atoms in total. The van der Waals surface area contributed by atoms with E-state index in [1.165, 1.54) is 44.1 Å². The Morgan fingerprint density at radius 3 is 2.27 bits per heavy atom. The fourth-order valence-electron chi connectivity index (χ4n) is 1.69. The van der Waals surface area contributed by atoms with Gasteiger partial charge in [-0.25, -0.2) is 12.2 Å². The van der Waals surface area contributed by atoms with Crippen LogP contribution >= 0.6 is 49.9 Å². The maximum atomic E-state index is 3.51. The van der Waals surface area contributed by atoms with Gasteiger partial charge in [-0.15, -0.1) is 74.9 Å². The summed E-state index contributed by atoms with van der Waals surface area (Å²) in [6.07, 6.45) is 10.0. The quantitative estimate of drug-likeness (QED) is 0.242. The molecule has 0 unspecified atom stereocenters. The number of hydrogen-bond acceptors (Lipinski definition) is 0. The van der Waals surface area contributed by atoms with E-state index in [1.54, 1.807) is 0 Å². The van der Waals surface area contributed by atoms with Gasteiger partial charge in [-0.3, -0.25) is 6.08 Å². The standard InChI is InChI=1S/C10H8Br.C5H5.2CH3.2BrH.Si.Zr/c1-7-5-8-3-2-4-10(11)9(8)6-7;1-2-4-5-3-1;;;;;;/h2-6H,1H3;1-3H,4H2;2*1H3;2*1H;;/q4*-1;;;;. The number of halogens is 3. The summed E-state index contributed by atoms with van der Waals surface area (Å²) in [5, 5.41) is 2.63. The van der Waals surface area contributed by atoms with Gasteiger partial charge in [0, 0.05) is 0 Å². The van der Waals surface area contributed by atoms with E-state index in [0.29, 0.717) is 0 Å². The van der Waals surface area contributed by atoms with Crippen LogP contribution in [0.4, 0.5) is 0 Å². The van der Waals surface area contributed by atoms with Gasteiger partial charge < -0.3 is 14.9 Å². The minimum absolute atomic E-state index is 0. The molecule has 0 N–H and O–H groups in total. The van der Waals surface area contributed by atoms with Crippen molar-refractivity contribution in [2.75, 3.05) is 0 Å². The second kappa shape index (κ2) is 18.2. The molecule has 2 aromatic carbocycles. The zero-order chi connectivity index (χ0) is 13.4. The topological polar surface area (TPSA) is 0 Å². The van der Waals surface area contributed by atoms with E-state index in [2.05, 4.69) is 72.2 Å². The molecule has 2 radical (unpaired) electrons. The summed E-state index contributed by atoms with van der Waals surface area (Å²) in [7, 11) is 0. The molecule has 0 fully saturated rings. The molecule has 0 aliphatic heterocycles. The molecule has 2 aromatic rings. The van der Waals surface area contributed by atoms with Crippen molar-refractivity contribution < 1.29 is 23.3 Å². The van der Waals surface area contributed by atoms with Crippen molar-refractivity contribution >= 4 is 67.5 Å². The monoisotopic (exact) mass is 580 g/mol. The van der Waals surface area contributed by atoms with E-state index in [-0.39, 0.29) is 48.8 Å². The number of allylic oxidation sites excluding steroid dienone is 4. The number of benzene rings is 1. The molecule has 1 aliphatic carbocycles. The molecule has 0 aromatic heterocycles. The summed E-state index contributed by atoms with van der Waals surface area (Å²) < 4.78 is 1.18. The SMILES string of the molecule is Br.Br.Cc1cc2c(Br)cccc2[cH-]1.[C-]1=CC=CC1.[CH3-].[CH3-].[Si]=[Zr]. The van der Waals surface area contributed by atoms with E-state index in [4.69, 9.17) is 0 Å². The number of fused-ring (bicyclic) bond motifs is 1. The molecular formula is C17H21Br3SiZr-4. The van der Waals surface area contributed by atoms with Crippen LogP contribution in [0.15, 0.2) is 53.0 Å². The Bertz CT molecular complexity index is 552. The van der Waals surface area contributed by atoms with E-state index in [1.807, 2.05) is 12.2 Å². The fourth-order valence-corrected chi connectivity index (χ4v) is 2.18. The molecule has 0 heterocycles. The Balaban J connectivity index is -0.000000129. The zero-order valence-corrected chi connectivity index (χ0v) is 21.5. The van der Waals surface area contributed by atoms with Gasteiger partial charge in [-0.05, 0) is 4.47 Å². The van der Waals surface area contributed by atoms with Gasteiger partial charge in [0.1, 0.15) is 0 Å². The summed E-state index contributed by atoms with van der Waals surface area (Å²) in [5.41, 5.74) is 1.33. The van der Waals surface area contributed by atoms with Gasteiger partial charge in [0.05, 0.1) is 0 Å². The molecule has 0 saturated heterocycles. The van der Waals surface area contributed by atoms with Crippen molar-refractivity contribution in [2.45, 2.75) is 13.3 Å². The Labute approximate surface area is 182 Å². The number of hydrogen-bond donors (Lipinski definition) is 0. The maximum absolute atomic E-state index is 3.51. The first kappa shape index (κ1) is 30.7. The summed E-state index contributed by atoms with van der Waals surface area (Å²) >= 11 is 4.87. The van der Waals surface area contributed by atoms with Gasteiger partial charge >= 0.3 is 30.2 Å². The first-order valence-corrected chi connectivity index (χ1v) is 10.5. The van der Waals surface area contributed by atoms with Gasteiger partial charge in [0.15, 0.2) is 0 Å². The third-order valence-corrected chi connectivity index (χ3v) is 3.12. The van der Waals surface area contributed by atoms with E-state index in [9.17, 15) is 0 Å². The predicted octanol–water partition coefficient (Wildman–Crippen LogP) is 6.61. The molecular weight excluding hydrogens is 563 g/mol. The summed E-state index contributed by atoms with van der Waals surface area (Å²) in [4.78, 5) is 0. The van der Waals surface area contributed by atoms with Crippen molar-refractivity contribution in [3.8, 4) is 0 Å². The Kier molecular flexibility index (Phi) is 25.4. The summed E-state index contributed by atoms with van der Waals surface area (Å²) in [6, 6.07) is 10.7. The Morgan fingerprint density at radius 2 is 1.86 bits per heavy atom. The van der Waals surface area contributed by atoms with Crippen LogP contribution < -0.4 is 0 Å². The molecule has 0 bridgehead atoms. The van der Waals surface area contributed by atoms with Crippen molar-refractivity contribution in [3.05, 3.63) is 79.5 Å². The molecule has 122 valence electrons. The van der Waals surface area contributed by atoms with Gasteiger partial charge in [0.2, 0.25) is 0 Å². The van der Waals surface area contributed by atoms with Crippen LogP contribution in [0.1, 0.15) is 12.0 Å². The molecule has 0 saturated carbocycles. The molecule has 5 heteroatoms. The molecule has 22 heavy (non-hydrogen) atoms. The molecule has 0 atom stereocenters. The molecule has 0 spiro atoms. The summed E-state index contributed by atoms with van der Waals surface area (Å²) in [5.74, 6) is 0. The number of aryl methyl sites for hydroxylation is 1. The van der Waals surface area contributed by atoms with Gasteiger partial charge in [0.25, 0.3) is 0 Å². The van der Waals surface area contributed by atoms with Crippen molar-refractivity contribution in [3.63, 3.8) is 0 Å². The second-order valence-electron chi connectivity index (χ2n) is 3.78. The zero-order valence-electron chi connectivity index (χ0n) is 13.0.